The second kappa shape index (κ2) is 8.78. The fraction of sp³-hybridized carbons (Fsp3) is 0.550. The Morgan fingerprint density at radius 3 is 2.80 bits per heavy atom. The lowest BCUT2D eigenvalue weighted by Crippen LogP contribution is -2.51. The van der Waals surface area contributed by atoms with Crippen LogP contribution in [0.25, 0.3) is 11.0 Å². The molecule has 10 nitrogen and oxygen atoms in total. The van der Waals surface area contributed by atoms with Crippen molar-refractivity contribution in [3.05, 3.63) is 17.8 Å². The summed E-state index contributed by atoms with van der Waals surface area (Å²) >= 11 is 0. The Bertz CT molecular complexity index is 951. The Morgan fingerprint density at radius 2 is 2.17 bits per heavy atom. The summed E-state index contributed by atoms with van der Waals surface area (Å²) in [5, 5.41) is 15.9. The highest BCUT2D eigenvalue weighted by Gasteiger charge is 2.28. The molecule has 2 atom stereocenters. The Balaban J connectivity index is 1.93. The van der Waals surface area contributed by atoms with Crippen molar-refractivity contribution in [2.75, 3.05) is 24.1 Å². The minimum atomic E-state index is -0.739. The zero-order valence-electron chi connectivity index (χ0n) is 17.6. The number of aromatic nitrogens is 3. The molecule has 0 aliphatic carbocycles. The van der Waals surface area contributed by atoms with Gasteiger partial charge in [-0.05, 0) is 32.3 Å². The number of anilines is 2. The van der Waals surface area contributed by atoms with E-state index in [1.807, 2.05) is 6.92 Å². The van der Waals surface area contributed by atoms with Crippen molar-refractivity contribution in [3.8, 4) is 0 Å². The molecule has 0 unspecified atom stereocenters. The van der Waals surface area contributed by atoms with Gasteiger partial charge in [-0.15, -0.1) is 0 Å². The lowest BCUT2D eigenvalue weighted by atomic mass is 10.0. The summed E-state index contributed by atoms with van der Waals surface area (Å²) in [6, 6.07) is 1.63. The SMILES string of the molecule is CCCC[C@@](C)(NC(C)=O)Nc1nc(N)nc2cc(C(=O)N3CC[C@@H](O)C3)cnc12. The Morgan fingerprint density at radius 1 is 1.40 bits per heavy atom. The van der Waals surface area contributed by atoms with Gasteiger partial charge < -0.3 is 26.4 Å². The molecular weight excluding hydrogens is 386 g/mol. The standard InChI is InChI=1S/C20H29N7O3/c1-4-5-7-20(3,25-12(2)28)26-17-16-15(23-19(21)24-17)9-13(10-22-16)18(30)27-8-6-14(29)11-27/h9-10,14,29H,4-8,11H2,1-3H3,(H,25,28)(H3,21,23,24,26)/t14-,20+/m1/s1. The highest BCUT2D eigenvalue weighted by atomic mass is 16.3. The number of fused-ring (bicyclic) bond motifs is 1. The number of nitrogens with zero attached hydrogens (tertiary/aromatic N) is 4. The molecule has 0 spiro atoms. The monoisotopic (exact) mass is 415 g/mol. The van der Waals surface area contributed by atoms with E-state index < -0.39 is 11.8 Å². The minimum Gasteiger partial charge on any atom is -0.391 e. The van der Waals surface area contributed by atoms with Gasteiger partial charge in [0.15, 0.2) is 5.82 Å². The number of β-amino-alcohol motifs (C(OH)–C–C–N with tert-alkyl or cyclic N) is 1. The molecule has 0 aromatic carbocycles. The number of rotatable bonds is 7. The summed E-state index contributed by atoms with van der Waals surface area (Å²) in [5.41, 5.74) is 6.42. The van der Waals surface area contributed by atoms with Gasteiger partial charge in [0, 0.05) is 26.2 Å². The van der Waals surface area contributed by atoms with E-state index >= 15 is 0 Å². The zero-order chi connectivity index (χ0) is 21.9. The molecule has 2 aromatic rings. The van der Waals surface area contributed by atoms with Crippen LogP contribution in [0.3, 0.4) is 0 Å². The van der Waals surface area contributed by atoms with Crippen LogP contribution in [0.15, 0.2) is 12.3 Å². The van der Waals surface area contributed by atoms with Crippen LogP contribution in [0, 0.1) is 0 Å². The molecule has 10 heteroatoms. The summed E-state index contributed by atoms with van der Waals surface area (Å²) < 4.78 is 0. The number of nitrogens with two attached hydrogens (primary N) is 1. The number of aliphatic hydroxyl groups is 1. The van der Waals surface area contributed by atoms with Crippen molar-refractivity contribution >= 4 is 34.6 Å². The fourth-order valence-corrected chi connectivity index (χ4v) is 3.69. The van der Waals surface area contributed by atoms with E-state index in [1.165, 1.54) is 13.1 Å². The van der Waals surface area contributed by atoms with E-state index in [4.69, 9.17) is 5.73 Å². The fourth-order valence-electron chi connectivity index (χ4n) is 3.69. The maximum Gasteiger partial charge on any atom is 0.255 e. The maximum atomic E-state index is 12.7. The third-order valence-corrected chi connectivity index (χ3v) is 5.13. The van der Waals surface area contributed by atoms with Crippen LogP contribution in [-0.2, 0) is 4.79 Å². The third kappa shape index (κ3) is 4.93. The minimum absolute atomic E-state index is 0.0358. The largest absolute Gasteiger partial charge is 0.391 e. The molecule has 2 amide bonds. The number of carbonyl (C=O) groups excluding carboxylic acids is 2. The second-order valence-corrected chi connectivity index (χ2v) is 7.96. The van der Waals surface area contributed by atoms with Gasteiger partial charge in [-0.25, -0.2) is 9.97 Å². The highest BCUT2D eigenvalue weighted by molar-refractivity contribution is 5.98. The summed E-state index contributed by atoms with van der Waals surface area (Å²) in [6.07, 6.45) is 4.10. The molecular formula is C20H29N7O3. The van der Waals surface area contributed by atoms with Gasteiger partial charge in [-0.2, -0.15) is 4.98 Å². The Kier molecular flexibility index (Phi) is 6.35. The van der Waals surface area contributed by atoms with Gasteiger partial charge >= 0.3 is 0 Å². The number of amides is 2. The number of aliphatic hydroxyl groups excluding tert-OH is 1. The van der Waals surface area contributed by atoms with Gasteiger partial charge in [0.2, 0.25) is 11.9 Å². The van der Waals surface area contributed by atoms with Gasteiger partial charge in [0.1, 0.15) is 11.2 Å². The first-order valence-electron chi connectivity index (χ1n) is 10.2. The van der Waals surface area contributed by atoms with Crippen molar-refractivity contribution in [1.82, 2.24) is 25.2 Å². The van der Waals surface area contributed by atoms with Crippen molar-refractivity contribution in [2.45, 2.75) is 58.2 Å². The quantitative estimate of drug-likeness (QED) is 0.494. The molecule has 30 heavy (non-hydrogen) atoms. The average Bonchev–Trinajstić information content (AvgIpc) is 3.11. The predicted octanol–water partition coefficient (Wildman–Crippen LogP) is 1.27. The molecule has 3 rings (SSSR count). The number of nitrogens with one attached hydrogen (secondary N) is 2. The van der Waals surface area contributed by atoms with Crippen molar-refractivity contribution in [1.29, 1.82) is 0 Å². The number of hydrogen-bond acceptors (Lipinski definition) is 8. The number of pyridine rings is 1. The van der Waals surface area contributed by atoms with Gasteiger partial charge in [-0.3, -0.25) is 9.59 Å². The van der Waals surface area contributed by atoms with Crippen LogP contribution in [0.5, 0.6) is 0 Å². The maximum absolute atomic E-state index is 12.7. The van der Waals surface area contributed by atoms with E-state index in [1.54, 1.807) is 11.0 Å². The van der Waals surface area contributed by atoms with Crippen LogP contribution < -0.4 is 16.4 Å². The Hall–Kier alpha value is -3.01. The van der Waals surface area contributed by atoms with E-state index in [-0.39, 0.29) is 17.8 Å². The zero-order valence-corrected chi connectivity index (χ0v) is 17.6. The number of carbonyl (C=O) groups is 2. The van der Waals surface area contributed by atoms with Crippen molar-refractivity contribution in [2.24, 2.45) is 0 Å². The highest BCUT2D eigenvalue weighted by Crippen LogP contribution is 2.25. The topological polar surface area (TPSA) is 146 Å². The van der Waals surface area contributed by atoms with Gasteiger partial charge in [-0.1, -0.05) is 13.3 Å². The van der Waals surface area contributed by atoms with E-state index in [0.29, 0.717) is 48.3 Å². The second-order valence-electron chi connectivity index (χ2n) is 7.96. The smallest absolute Gasteiger partial charge is 0.255 e. The van der Waals surface area contributed by atoms with Crippen LogP contribution >= 0.6 is 0 Å². The molecule has 0 saturated carbocycles. The lowest BCUT2D eigenvalue weighted by molar-refractivity contribution is -0.120. The number of unbranched alkanes of at least 4 members (excludes halogenated alkanes) is 1. The average molecular weight is 415 g/mol. The molecule has 1 fully saturated rings. The first-order chi connectivity index (χ1) is 14.2. The molecule has 5 N–H and O–H groups in total. The molecule has 162 valence electrons. The molecule has 1 saturated heterocycles. The lowest BCUT2D eigenvalue weighted by Gasteiger charge is -2.32. The first-order valence-corrected chi connectivity index (χ1v) is 10.2. The molecule has 3 heterocycles. The normalized spacial score (nSPS) is 18.3. The summed E-state index contributed by atoms with van der Waals surface area (Å²) in [4.78, 5) is 39.0. The van der Waals surface area contributed by atoms with E-state index in [0.717, 1.165) is 12.8 Å². The Labute approximate surface area is 175 Å². The summed E-state index contributed by atoms with van der Waals surface area (Å²) in [7, 11) is 0. The molecule has 1 aliphatic heterocycles. The number of nitrogen functional groups attached to an aromatic ring is 1. The molecule has 0 radical (unpaired) electrons. The molecule has 0 bridgehead atoms. The first kappa shape index (κ1) is 21.7. The number of likely N-dealkylation sites (tertiary alicyclic amines) is 1. The number of hydrogen-bond donors (Lipinski definition) is 4. The summed E-state index contributed by atoms with van der Waals surface area (Å²) in [6.45, 7) is 6.23. The van der Waals surface area contributed by atoms with Crippen LogP contribution in [0.4, 0.5) is 11.8 Å². The third-order valence-electron chi connectivity index (χ3n) is 5.13. The van der Waals surface area contributed by atoms with Gasteiger partial charge in [0.05, 0.1) is 17.2 Å². The van der Waals surface area contributed by atoms with Crippen molar-refractivity contribution < 1.29 is 14.7 Å². The van der Waals surface area contributed by atoms with Crippen LogP contribution in [0.1, 0.15) is 56.8 Å². The van der Waals surface area contributed by atoms with Crippen LogP contribution in [-0.4, -0.2) is 61.6 Å². The molecule has 1 aliphatic rings. The summed E-state index contributed by atoms with van der Waals surface area (Å²) in [5.74, 6) is 0.0499. The molecule has 2 aromatic heterocycles. The van der Waals surface area contributed by atoms with Gasteiger partial charge in [0.25, 0.3) is 5.91 Å². The van der Waals surface area contributed by atoms with E-state index in [2.05, 4.69) is 32.5 Å². The van der Waals surface area contributed by atoms with Crippen molar-refractivity contribution in [3.63, 3.8) is 0 Å². The predicted molar refractivity (Wildman–Crippen MR) is 114 cm³/mol. The van der Waals surface area contributed by atoms with E-state index in [9.17, 15) is 14.7 Å². The van der Waals surface area contributed by atoms with Crippen LogP contribution in [0.2, 0.25) is 0 Å².